The number of imide groups is 1. The number of amides is 2. The van der Waals surface area contributed by atoms with Gasteiger partial charge in [-0.1, -0.05) is 41.1 Å². The summed E-state index contributed by atoms with van der Waals surface area (Å²) in [4.78, 5) is 67.2. The molecular weight excluding hydrogens is 618 g/mol. The Bertz CT molecular complexity index is 1770. The molecule has 0 radical (unpaired) electrons. The van der Waals surface area contributed by atoms with Gasteiger partial charge >= 0.3 is 10.8 Å². The van der Waals surface area contributed by atoms with E-state index in [9.17, 15) is 34.4 Å². The number of ether oxygens (including phenoxy) is 1. The summed E-state index contributed by atoms with van der Waals surface area (Å²) in [5.41, 5.74) is 1.10. The third kappa shape index (κ3) is 4.23. The van der Waals surface area contributed by atoms with Crippen molar-refractivity contribution in [3.8, 4) is 5.75 Å². The van der Waals surface area contributed by atoms with Crippen molar-refractivity contribution in [3.63, 3.8) is 0 Å². The number of fused-ring (bicyclic) bond motifs is 9. The first-order valence-electron chi connectivity index (χ1n) is 13.7. The molecule has 8 atom stereocenters. The Morgan fingerprint density at radius 3 is 2.60 bits per heavy atom. The number of thiazole rings is 1. The Hall–Kier alpha value is -3.68. The Balaban J connectivity index is 1.34. The van der Waals surface area contributed by atoms with Gasteiger partial charge in [-0.15, -0.1) is 11.8 Å². The number of hydrogen-bond donors (Lipinski definition) is 2. The van der Waals surface area contributed by atoms with Crippen molar-refractivity contribution < 1.29 is 29.2 Å². The van der Waals surface area contributed by atoms with E-state index < -0.39 is 46.5 Å². The van der Waals surface area contributed by atoms with Gasteiger partial charge in [-0.3, -0.25) is 29.4 Å². The minimum absolute atomic E-state index is 0.0993. The van der Waals surface area contributed by atoms with Crippen LogP contribution in [-0.4, -0.2) is 49.0 Å². The van der Waals surface area contributed by atoms with Gasteiger partial charge in [0, 0.05) is 44.3 Å². The van der Waals surface area contributed by atoms with Crippen LogP contribution in [0.5, 0.6) is 5.75 Å². The van der Waals surface area contributed by atoms with Crippen LogP contribution in [-0.2, 0) is 21.0 Å². The number of nitro groups is 1. The van der Waals surface area contributed by atoms with E-state index in [1.165, 1.54) is 30.8 Å². The van der Waals surface area contributed by atoms with E-state index in [0.717, 1.165) is 21.8 Å². The number of non-ortho nitro benzene ring substituents is 1. The average molecular weight is 642 g/mol. The van der Waals surface area contributed by atoms with Gasteiger partial charge in [0.25, 0.3) is 5.69 Å². The third-order valence-electron chi connectivity index (χ3n) is 9.38. The first-order valence-corrected chi connectivity index (χ1v) is 15.8. The summed E-state index contributed by atoms with van der Waals surface area (Å²) in [5, 5.41) is 22.5. The fourth-order valence-electron chi connectivity index (χ4n) is 7.68. The van der Waals surface area contributed by atoms with Gasteiger partial charge in [0.05, 0.1) is 21.8 Å². The molecule has 2 saturated carbocycles. The Morgan fingerprint density at radius 2 is 1.91 bits per heavy atom. The number of halogens is 1. The number of carboxylic acid groups (broad SMARTS) is 1. The Labute approximate surface area is 257 Å². The quantitative estimate of drug-likeness (QED) is 0.215. The van der Waals surface area contributed by atoms with E-state index in [2.05, 4.69) is 4.98 Å². The highest BCUT2D eigenvalue weighted by molar-refractivity contribution is 8.00. The Kier molecular flexibility index (Phi) is 6.67. The number of H-pyrrole nitrogens is 1. The number of aromatic amines is 1. The van der Waals surface area contributed by atoms with Crippen LogP contribution in [0.2, 0.25) is 5.02 Å². The topological polar surface area (TPSA) is 160 Å². The van der Waals surface area contributed by atoms with E-state index in [0.29, 0.717) is 32.7 Å². The number of rotatable bonds is 7. The number of carbonyl (C=O) groups is 3. The molecule has 222 valence electrons. The van der Waals surface area contributed by atoms with Crippen molar-refractivity contribution >= 4 is 58.2 Å². The SMILES string of the molecule is CC(C(=O)O)N1C(=O)C2C3CC(C2C1=O)C1C(c2cc([N+](=O)[O-])ccc2OCc2ccccc2Cl)c2sc(=O)[nH]c2SC31. The largest absolute Gasteiger partial charge is 0.489 e. The summed E-state index contributed by atoms with van der Waals surface area (Å²) in [6, 6.07) is 10.3. The van der Waals surface area contributed by atoms with Gasteiger partial charge in [-0.25, -0.2) is 4.79 Å². The van der Waals surface area contributed by atoms with Crippen molar-refractivity contribution in [2.75, 3.05) is 0 Å². The molecule has 4 aliphatic rings. The number of nitro benzene ring substituents is 1. The molecule has 1 saturated heterocycles. The number of benzene rings is 2. The number of aromatic nitrogens is 1. The van der Waals surface area contributed by atoms with Crippen LogP contribution in [0.25, 0.3) is 0 Å². The molecule has 2 aromatic carbocycles. The van der Waals surface area contributed by atoms with Crippen molar-refractivity contribution in [1.82, 2.24) is 9.88 Å². The monoisotopic (exact) mass is 641 g/mol. The lowest BCUT2D eigenvalue weighted by atomic mass is 9.68. The van der Waals surface area contributed by atoms with Crippen LogP contribution in [0.3, 0.4) is 0 Å². The molecular formula is C29H24ClN3O8S2. The number of aliphatic carboxylic acids is 1. The zero-order chi connectivity index (χ0) is 30.3. The number of nitrogens with zero attached hydrogens (tertiary/aromatic N) is 2. The average Bonchev–Trinajstić information content (AvgIpc) is 3.71. The predicted molar refractivity (Wildman–Crippen MR) is 156 cm³/mol. The van der Waals surface area contributed by atoms with Crippen LogP contribution in [0, 0.1) is 39.7 Å². The minimum Gasteiger partial charge on any atom is -0.489 e. The van der Waals surface area contributed by atoms with Gasteiger partial charge in [-0.05, 0) is 43.2 Å². The highest BCUT2D eigenvalue weighted by Crippen LogP contribution is 2.69. The number of carbonyl (C=O) groups excluding carboxylic acids is 2. The lowest BCUT2D eigenvalue weighted by Gasteiger charge is -2.43. The first-order chi connectivity index (χ1) is 20.6. The van der Waals surface area contributed by atoms with E-state index in [1.807, 2.05) is 12.1 Å². The zero-order valence-electron chi connectivity index (χ0n) is 22.5. The second-order valence-corrected chi connectivity index (χ2v) is 14.0. The molecule has 2 aliphatic carbocycles. The van der Waals surface area contributed by atoms with Gasteiger partial charge in [-0.2, -0.15) is 0 Å². The summed E-state index contributed by atoms with van der Waals surface area (Å²) in [6.45, 7) is 1.43. The number of hydrogen-bond acceptors (Lipinski definition) is 9. The van der Waals surface area contributed by atoms with Crippen LogP contribution < -0.4 is 9.61 Å². The van der Waals surface area contributed by atoms with Crippen LogP contribution >= 0.6 is 34.7 Å². The van der Waals surface area contributed by atoms with E-state index >= 15 is 0 Å². The van der Waals surface area contributed by atoms with Crippen LogP contribution in [0.4, 0.5) is 5.69 Å². The maximum atomic E-state index is 13.7. The second kappa shape index (κ2) is 10.2. The molecule has 3 fully saturated rings. The fraction of sp³-hybridized carbons (Fsp3) is 0.379. The van der Waals surface area contributed by atoms with Gasteiger partial charge < -0.3 is 14.8 Å². The Morgan fingerprint density at radius 1 is 1.19 bits per heavy atom. The van der Waals surface area contributed by atoms with Crippen molar-refractivity contribution in [3.05, 3.63) is 83.3 Å². The van der Waals surface area contributed by atoms with Crippen molar-refractivity contribution in [2.24, 2.45) is 29.6 Å². The zero-order valence-corrected chi connectivity index (χ0v) is 24.9. The van der Waals surface area contributed by atoms with Gasteiger partial charge in [0.1, 0.15) is 18.4 Å². The molecule has 2 amide bonds. The van der Waals surface area contributed by atoms with E-state index in [4.69, 9.17) is 16.3 Å². The maximum absolute atomic E-state index is 13.7. The molecule has 2 aliphatic heterocycles. The van der Waals surface area contributed by atoms with Crippen molar-refractivity contribution in [1.29, 1.82) is 0 Å². The molecule has 14 heteroatoms. The summed E-state index contributed by atoms with van der Waals surface area (Å²) >= 11 is 8.85. The number of likely N-dealkylation sites (tertiary alicyclic amines) is 1. The number of thioether (sulfide) groups is 1. The third-order valence-corrected chi connectivity index (χ3v) is 12.3. The molecule has 43 heavy (non-hydrogen) atoms. The van der Waals surface area contributed by atoms with Crippen LogP contribution in [0.1, 0.15) is 35.3 Å². The number of nitrogens with one attached hydrogen (secondary N) is 1. The highest BCUT2D eigenvalue weighted by Gasteiger charge is 2.70. The molecule has 7 rings (SSSR count). The molecule has 8 unspecified atom stereocenters. The van der Waals surface area contributed by atoms with Crippen LogP contribution in [0.15, 0.2) is 52.3 Å². The molecule has 3 aromatic rings. The normalized spacial score (nSPS) is 29.3. The summed E-state index contributed by atoms with van der Waals surface area (Å²) < 4.78 is 6.25. The lowest BCUT2D eigenvalue weighted by molar-refractivity contribution is -0.385. The molecule has 2 bridgehead atoms. The smallest absolute Gasteiger partial charge is 0.326 e. The molecule has 0 spiro atoms. The summed E-state index contributed by atoms with van der Waals surface area (Å²) in [7, 11) is 0. The van der Waals surface area contributed by atoms with Gasteiger partial charge in [0.2, 0.25) is 11.8 Å². The highest BCUT2D eigenvalue weighted by atomic mass is 35.5. The van der Waals surface area contributed by atoms with E-state index in [-0.39, 0.29) is 40.2 Å². The number of carboxylic acids is 1. The predicted octanol–water partition coefficient (Wildman–Crippen LogP) is 4.52. The minimum atomic E-state index is -1.28. The summed E-state index contributed by atoms with van der Waals surface area (Å²) in [5.74, 6) is -4.43. The lowest BCUT2D eigenvalue weighted by Crippen LogP contribution is -2.44. The van der Waals surface area contributed by atoms with Gasteiger partial charge in [0.15, 0.2) is 0 Å². The molecule has 1 aromatic heterocycles. The molecule has 3 heterocycles. The maximum Gasteiger partial charge on any atom is 0.326 e. The fourth-order valence-corrected chi connectivity index (χ4v) is 10.7. The second-order valence-electron chi connectivity index (χ2n) is 11.4. The first kappa shape index (κ1) is 28.1. The standard InChI is InChI=1S/C29H24ClN3O8S2/c1-11(28(36)37)32-26(34)21-15-9-16(22(21)27(32)35)23-20(15)19(24-25(42-23)31-29(38)43-24)14-8-13(33(39)40)6-7-18(14)41-10-12-4-2-3-5-17(12)30/h2-8,11,15-16,19-23H,9-10H2,1H3,(H,31,38)(H,36,37). The molecule has 2 N–H and O–H groups in total. The van der Waals surface area contributed by atoms with Crippen molar-refractivity contribution in [2.45, 2.75) is 42.2 Å². The van der Waals surface area contributed by atoms with E-state index in [1.54, 1.807) is 18.2 Å². The molecule has 11 nitrogen and oxygen atoms in total. The summed E-state index contributed by atoms with van der Waals surface area (Å²) in [6.07, 6.45) is 0.588.